The van der Waals surface area contributed by atoms with Gasteiger partial charge in [-0.1, -0.05) is 0 Å². The zero-order valence-electron chi connectivity index (χ0n) is 7.91. The minimum atomic E-state index is -0.411. The number of nitrogens with zero attached hydrogens (tertiary/aromatic N) is 1. The van der Waals surface area contributed by atoms with E-state index in [4.69, 9.17) is 5.73 Å². The molecule has 1 amide bonds. The fourth-order valence-corrected chi connectivity index (χ4v) is 2.41. The second-order valence-corrected chi connectivity index (χ2v) is 4.64. The van der Waals surface area contributed by atoms with Crippen LogP contribution in [-0.2, 0) is 4.79 Å². The Morgan fingerprint density at radius 3 is 2.80 bits per heavy atom. The third kappa shape index (κ3) is 1.98. The lowest BCUT2D eigenvalue weighted by Crippen LogP contribution is -2.34. The number of rotatable bonds is 1. The third-order valence-corrected chi connectivity index (χ3v) is 3.31. The van der Waals surface area contributed by atoms with E-state index < -0.39 is 6.04 Å². The molecule has 1 unspecified atom stereocenters. The number of hydrogen-bond donors (Lipinski definition) is 1. The summed E-state index contributed by atoms with van der Waals surface area (Å²) in [6, 6.07) is 3.97. The van der Waals surface area contributed by atoms with E-state index in [-0.39, 0.29) is 11.7 Å². The van der Waals surface area contributed by atoms with Crippen molar-refractivity contribution in [1.82, 2.24) is 0 Å². The number of amides is 1. The summed E-state index contributed by atoms with van der Waals surface area (Å²) in [6.45, 7) is 0.613. The van der Waals surface area contributed by atoms with Gasteiger partial charge in [-0.05, 0) is 47.2 Å². The van der Waals surface area contributed by atoms with Crippen LogP contribution >= 0.6 is 22.6 Å². The topological polar surface area (TPSA) is 46.3 Å². The largest absolute Gasteiger partial charge is 0.320 e. The molecule has 0 aromatic heterocycles. The molecule has 1 heterocycles. The second kappa shape index (κ2) is 4.05. The third-order valence-electron chi connectivity index (χ3n) is 2.45. The van der Waals surface area contributed by atoms with Crippen molar-refractivity contribution < 1.29 is 9.18 Å². The summed E-state index contributed by atoms with van der Waals surface area (Å²) in [7, 11) is 0. The van der Waals surface area contributed by atoms with Gasteiger partial charge < -0.3 is 10.6 Å². The van der Waals surface area contributed by atoms with E-state index in [2.05, 4.69) is 0 Å². The van der Waals surface area contributed by atoms with Gasteiger partial charge in [0.15, 0.2) is 0 Å². The van der Waals surface area contributed by atoms with Gasteiger partial charge in [-0.25, -0.2) is 4.39 Å². The van der Waals surface area contributed by atoms with Gasteiger partial charge in [0, 0.05) is 10.1 Å². The molecule has 1 aromatic rings. The average molecular weight is 320 g/mol. The highest BCUT2D eigenvalue weighted by Crippen LogP contribution is 2.26. The summed E-state index contributed by atoms with van der Waals surface area (Å²) < 4.78 is 13.6. The molecule has 5 heteroatoms. The molecular weight excluding hydrogens is 310 g/mol. The number of nitrogens with two attached hydrogens (primary N) is 1. The number of benzene rings is 1. The molecule has 1 saturated heterocycles. The van der Waals surface area contributed by atoms with Crippen molar-refractivity contribution in [3.63, 3.8) is 0 Å². The molecular formula is C10H10FIN2O. The minimum Gasteiger partial charge on any atom is -0.320 e. The maximum Gasteiger partial charge on any atom is 0.243 e. The van der Waals surface area contributed by atoms with Gasteiger partial charge >= 0.3 is 0 Å². The van der Waals surface area contributed by atoms with E-state index in [1.807, 2.05) is 22.6 Å². The Kier molecular flexibility index (Phi) is 2.92. The van der Waals surface area contributed by atoms with Crippen molar-refractivity contribution >= 4 is 34.2 Å². The molecule has 3 nitrogen and oxygen atoms in total. The van der Waals surface area contributed by atoms with Gasteiger partial charge in [0.2, 0.25) is 5.91 Å². The Hall–Kier alpha value is -0.690. The van der Waals surface area contributed by atoms with Crippen LogP contribution in [0.4, 0.5) is 10.1 Å². The second-order valence-electron chi connectivity index (χ2n) is 3.48. The lowest BCUT2D eigenvalue weighted by molar-refractivity contribution is -0.118. The molecule has 2 N–H and O–H groups in total. The molecule has 1 aliphatic rings. The smallest absolute Gasteiger partial charge is 0.243 e. The van der Waals surface area contributed by atoms with Crippen molar-refractivity contribution in [1.29, 1.82) is 0 Å². The summed E-state index contributed by atoms with van der Waals surface area (Å²) in [6.07, 6.45) is 0.659. The Morgan fingerprint density at radius 2 is 2.27 bits per heavy atom. The molecule has 0 aliphatic carbocycles. The predicted octanol–water partition coefficient (Wildman–Crippen LogP) is 1.49. The molecule has 15 heavy (non-hydrogen) atoms. The summed E-state index contributed by atoms with van der Waals surface area (Å²) in [4.78, 5) is 13.3. The predicted molar refractivity (Wildman–Crippen MR) is 64.1 cm³/mol. The van der Waals surface area contributed by atoms with E-state index in [9.17, 15) is 9.18 Å². The first-order valence-corrected chi connectivity index (χ1v) is 5.69. The molecule has 1 fully saturated rings. The zero-order chi connectivity index (χ0) is 11.0. The van der Waals surface area contributed by atoms with Crippen LogP contribution in [0.1, 0.15) is 6.42 Å². The normalized spacial score (nSPS) is 21.1. The maximum atomic E-state index is 12.9. The molecule has 1 atom stereocenters. The molecule has 80 valence electrons. The van der Waals surface area contributed by atoms with Gasteiger partial charge in [0.1, 0.15) is 5.82 Å². The first-order chi connectivity index (χ1) is 7.09. The van der Waals surface area contributed by atoms with Crippen LogP contribution in [0.3, 0.4) is 0 Å². The van der Waals surface area contributed by atoms with Crippen molar-refractivity contribution in [2.75, 3.05) is 11.4 Å². The monoisotopic (exact) mass is 320 g/mol. The lowest BCUT2D eigenvalue weighted by atomic mass is 10.3. The van der Waals surface area contributed by atoms with Gasteiger partial charge in [-0.3, -0.25) is 4.79 Å². The Morgan fingerprint density at radius 1 is 1.53 bits per heavy atom. The molecule has 0 bridgehead atoms. The fraction of sp³-hybridized carbons (Fsp3) is 0.300. The van der Waals surface area contributed by atoms with Crippen LogP contribution in [0.5, 0.6) is 0 Å². The highest BCUT2D eigenvalue weighted by atomic mass is 127. The highest BCUT2D eigenvalue weighted by molar-refractivity contribution is 14.1. The van der Waals surface area contributed by atoms with Crippen molar-refractivity contribution in [3.8, 4) is 0 Å². The molecule has 0 saturated carbocycles. The summed E-state index contributed by atoms with van der Waals surface area (Å²) in [5, 5.41) is 0. The number of anilines is 1. The number of carbonyl (C=O) groups excluding carboxylic acids is 1. The maximum absolute atomic E-state index is 12.9. The quantitative estimate of drug-likeness (QED) is 0.797. The Labute approximate surface area is 101 Å². The minimum absolute atomic E-state index is 0.0838. The van der Waals surface area contributed by atoms with E-state index in [0.717, 1.165) is 9.26 Å². The van der Waals surface area contributed by atoms with Gasteiger partial charge in [0.05, 0.1) is 11.7 Å². The van der Waals surface area contributed by atoms with E-state index in [1.165, 1.54) is 12.1 Å². The van der Waals surface area contributed by atoms with E-state index >= 15 is 0 Å². The summed E-state index contributed by atoms with van der Waals surface area (Å²) in [5.74, 6) is -0.376. The Bertz CT molecular complexity index is 410. The lowest BCUT2D eigenvalue weighted by Gasteiger charge is -2.17. The number of hydrogen-bond acceptors (Lipinski definition) is 2. The van der Waals surface area contributed by atoms with Crippen molar-refractivity contribution in [2.45, 2.75) is 12.5 Å². The molecule has 1 aromatic carbocycles. The average Bonchev–Trinajstić information content (AvgIpc) is 2.49. The van der Waals surface area contributed by atoms with E-state index in [1.54, 1.807) is 11.0 Å². The fourth-order valence-electron chi connectivity index (χ4n) is 1.64. The molecule has 0 spiro atoms. The van der Waals surface area contributed by atoms with Crippen LogP contribution < -0.4 is 10.6 Å². The van der Waals surface area contributed by atoms with Crippen molar-refractivity contribution in [3.05, 3.63) is 27.6 Å². The number of halogens is 2. The van der Waals surface area contributed by atoms with E-state index in [0.29, 0.717) is 13.0 Å². The van der Waals surface area contributed by atoms with Gasteiger partial charge in [-0.15, -0.1) is 0 Å². The Balaban J connectivity index is 2.34. The SMILES string of the molecule is NC1CCN(c2ccc(F)cc2I)C1=O. The van der Waals surface area contributed by atoms with Gasteiger partial charge in [0.25, 0.3) is 0 Å². The summed E-state index contributed by atoms with van der Waals surface area (Å²) >= 11 is 2.02. The van der Waals surface area contributed by atoms with Crippen molar-refractivity contribution in [2.24, 2.45) is 5.73 Å². The van der Waals surface area contributed by atoms with Crippen LogP contribution in [0.15, 0.2) is 18.2 Å². The zero-order valence-corrected chi connectivity index (χ0v) is 10.1. The van der Waals surface area contributed by atoms with Crippen LogP contribution in [0.2, 0.25) is 0 Å². The first-order valence-electron chi connectivity index (χ1n) is 4.61. The van der Waals surface area contributed by atoms with Crippen LogP contribution in [0, 0.1) is 9.39 Å². The van der Waals surface area contributed by atoms with Gasteiger partial charge in [-0.2, -0.15) is 0 Å². The molecule has 2 rings (SSSR count). The first kappa shape index (κ1) is 10.8. The number of carbonyl (C=O) groups is 1. The highest BCUT2D eigenvalue weighted by Gasteiger charge is 2.30. The molecule has 0 radical (unpaired) electrons. The standard InChI is InChI=1S/C10H10FIN2O/c11-6-1-2-9(7(12)5-6)14-4-3-8(13)10(14)15/h1-2,5,8H,3-4,13H2. The van der Waals surface area contributed by atoms with Crippen LogP contribution in [0.25, 0.3) is 0 Å². The van der Waals surface area contributed by atoms with Crippen LogP contribution in [-0.4, -0.2) is 18.5 Å². The molecule has 1 aliphatic heterocycles. The summed E-state index contributed by atoms with van der Waals surface area (Å²) in [5.41, 5.74) is 6.36.